The normalized spacial score (nSPS) is 21.7. The molecule has 1 fully saturated rings. The van der Waals surface area contributed by atoms with E-state index >= 15 is 0 Å². The van der Waals surface area contributed by atoms with Crippen molar-refractivity contribution >= 4 is 17.3 Å². The number of carbonyl (C=O) groups excluding carboxylic acids is 1. The molecule has 0 aliphatic carbocycles. The number of hydrogen-bond acceptors (Lipinski definition) is 7. The van der Waals surface area contributed by atoms with E-state index in [2.05, 4.69) is 47.5 Å². The second-order valence-electron chi connectivity index (χ2n) is 10.1. The molecule has 2 heterocycles. The summed E-state index contributed by atoms with van der Waals surface area (Å²) in [6.07, 6.45) is 2.42. The van der Waals surface area contributed by atoms with Crippen molar-refractivity contribution in [2.24, 2.45) is 11.3 Å². The van der Waals surface area contributed by atoms with E-state index in [-0.39, 0.29) is 23.1 Å². The van der Waals surface area contributed by atoms with E-state index in [1.54, 1.807) is 24.4 Å². The number of nitrogens with zero attached hydrogens (tertiary/aromatic N) is 2. The van der Waals surface area contributed by atoms with Crippen molar-refractivity contribution in [2.45, 2.75) is 63.7 Å². The topological polar surface area (TPSA) is 60.9 Å². The minimum atomic E-state index is -2.90. The van der Waals surface area contributed by atoms with Gasteiger partial charge in [0.05, 0.1) is 0 Å². The van der Waals surface area contributed by atoms with Crippen LogP contribution in [-0.4, -0.2) is 50.5 Å². The van der Waals surface area contributed by atoms with Gasteiger partial charge in [-0.25, -0.2) is 0 Å². The van der Waals surface area contributed by atoms with Crippen LogP contribution < -0.4 is 26.2 Å². The third-order valence-electron chi connectivity index (χ3n) is 5.60. The minimum absolute atomic E-state index is 0.0107. The molecule has 0 spiro atoms. The number of alkyl halides is 3. The van der Waals surface area contributed by atoms with Crippen LogP contribution in [0.15, 0.2) is 30.5 Å². The van der Waals surface area contributed by atoms with Crippen molar-refractivity contribution in [1.29, 1.82) is 0 Å². The predicted octanol–water partition coefficient (Wildman–Crippen LogP) is 2.62. The molecule has 3 rings (SSSR count). The molecule has 1 aromatic carbocycles. The Labute approximate surface area is 221 Å². The second kappa shape index (κ2) is 11.8. The monoisotopic (exact) mass is 623 g/mol. The van der Waals surface area contributed by atoms with Crippen molar-refractivity contribution in [3.8, 4) is 16.3 Å². The molecule has 0 N–H and O–H groups in total. The number of esters is 1. The third-order valence-corrected chi connectivity index (χ3v) is 11.1. The molecular formula is C25H34F2IN2O4S-. The molecule has 2 atom stereocenters. The number of thiazole rings is 1. The van der Waals surface area contributed by atoms with Crippen LogP contribution in [0.1, 0.15) is 45.9 Å². The number of carbonyl (C=O) groups is 1. The fourth-order valence-electron chi connectivity index (χ4n) is 3.75. The van der Waals surface area contributed by atoms with Gasteiger partial charge >= 0.3 is 222 Å². The van der Waals surface area contributed by atoms with Crippen LogP contribution in [-0.2, 0) is 20.8 Å². The molecule has 0 amide bonds. The Morgan fingerprint density at radius 1 is 1.31 bits per heavy atom. The maximum atomic E-state index is 13.0. The molecular weight excluding hydrogens is 589 g/mol. The molecule has 1 aliphatic rings. The number of halogens is 3. The first-order valence-corrected chi connectivity index (χ1v) is 14.6. The number of ether oxygens (including phenoxy) is 3. The Morgan fingerprint density at radius 3 is 2.66 bits per heavy atom. The first kappa shape index (κ1) is 28.2. The van der Waals surface area contributed by atoms with Gasteiger partial charge in [0.15, 0.2) is 0 Å². The van der Waals surface area contributed by atoms with Gasteiger partial charge in [-0.2, -0.15) is 0 Å². The molecule has 35 heavy (non-hydrogen) atoms. The number of benzene rings is 1. The van der Waals surface area contributed by atoms with Crippen molar-refractivity contribution in [2.75, 3.05) is 20.3 Å². The Balaban J connectivity index is 1.86. The molecule has 0 bridgehead atoms. The van der Waals surface area contributed by atoms with E-state index < -0.39 is 33.7 Å². The fourth-order valence-corrected chi connectivity index (χ4v) is 8.95. The van der Waals surface area contributed by atoms with E-state index in [4.69, 9.17) is 9.47 Å². The summed E-state index contributed by atoms with van der Waals surface area (Å²) in [7, 11) is 1.41. The van der Waals surface area contributed by atoms with E-state index in [1.807, 2.05) is 0 Å². The first-order valence-electron chi connectivity index (χ1n) is 11.5. The Morgan fingerprint density at radius 2 is 2.03 bits per heavy atom. The standard InChI is InChI=1S/C25H34F2IN2O4S/c1-16(2)14-33-25(22(31)32-6)11-20(24(3,4)5)28-30(15-25)13-17-12-29-21(35-17)18-9-7-8-10-19(18)34-23(26)27/h7-10,12,16,20,23H,11,13-15H2,1-6H3/q-1/t20-,25-/m0/s1. The summed E-state index contributed by atoms with van der Waals surface area (Å²) >= 11 is 1.03. The van der Waals surface area contributed by atoms with Gasteiger partial charge in [0.25, 0.3) is 0 Å². The third kappa shape index (κ3) is 7.33. The number of aromatic nitrogens is 1. The predicted molar refractivity (Wildman–Crippen MR) is 128 cm³/mol. The summed E-state index contributed by atoms with van der Waals surface area (Å²) in [4.78, 5) is 18.5. The van der Waals surface area contributed by atoms with Crippen molar-refractivity contribution in [3.63, 3.8) is 0 Å². The van der Waals surface area contributed by atoms with E-state index in [9.17, 15) is 13.6 Å². The number of methoxy groups -OCH3 is 1. The molecule has 1 aromatic heterocycles. The van der Waals surface area contributed by atoms with E-state index in [1.165, 1.54) is 24.5 Å². The summed E-state index contributed by atoms with van der Waals surface area (Å²) in [5.74, 6) is 0.0619. The summed E-state index contributed by atoms with van der Waals surface area (Å²) in [5, 5.41) is 0.620. The van der Waals surface area contributed by atoms with Gasteiger partial charge in [-0.3, -0.25) is 0 Å². The molecule has 1 saturated heterocycles. The average molecular weight is 624 g/mol. The summed E-state index contributed by atoms with van der Waals surface area (Å²) in [6.45, 7) is 9.39. The van der Waals surface area contributed by atoms with Gasteiger partial charge in [0.2, 0.25) is 0 Å². The Kier molecular flexibility index (Phi) is 9.50. The van der Waals surface area contributed by atoms with Crippen LogP contribution in [0.2, 0.25) is 0 Å². The van der Waals surface area contributed by atoms with Crippen LogP contribution in [0.25, 0.3) is 10.6 Å². The van der Waals surface area contributed by atoms with E-state index in [0.717, 1.165) is 4.88 Å². The summed E-state index contributed by atoms with van der Waals surface area (Å²) < 4.78 is 44.6. The SMILES string of the molecule is COC(=O)[C@]1(OCC(C)C)C[C@@H](C(C)(C)C)[I-]N(Cc2cnc(-c3ccccc3OC(F)F)s2)C1. The molecule has 6 nitrogen and oxygen atoms in total. The molecule has 2 aromatic rings. The molecule has 196 valence electrons. The second-order valence-corrected chi connectivity index (χ2v) is 14.7. The van der Waals surface area contributed by atoms with Crippen molar-refractivity contribution in [3.05, 3.63) is 35.3 Å². The van der Waals surface area contributed by atoms with Gasteiger partial charge in [0.1, 0.15) is 0 Å². The van der Waals surface area contributed by atoms with Crippen molar-refractivity contribution < 1.29 is 49.3 Å². The van der Waals surface area contributed by atoms with Crippen LogP contribution in [0.3, 0.4) is 0 Å². The Bertz CT molecular complexity index is 998. The molecule has 0 radical (unpaired) electrons. The molecule has 0 unspecified atom stereocenters. The zero-order valence-electron chi connectivity index (χ0n) is 21.0. The quantitative estimate of drug-likeness (QED) is 0.186. The van der Waals surface area contributed by atoms with Crippen molar-refractivity contribution in [1.82, 2.24) is 8.10 Å². The maximum absolute atomic E-state index is 13.0. The number of para-hydroxylation sites is 1. The molecule has 0 saturated carbocycles. The van der Waals surface area contributed by atoms with Crippen LogP contribution in [0, 0.1) is 11.3 Å². The van der Waals surface area contributed by atoms with Crippen LogP contribution in [0.5, 0.6) is 5.75 Å². The Hall–Kier alpha value is -1.37. The number of hydrogen-bond donors (Lipinski definition) is 0. The zero-order valence-corrected chi connectivity index (χ0v) is 24.0. The van der Waals surface area contributed by atoms with Gasteiger partial charge < -0.3 is 0 Å². The van der Waals surface area contributed by atoms with Gasteiger partial charge in [0, 0.05) is 0 Å². The summed E-state index contributed by atoms with van der Waals surface area (Å²) in [6, 6.07) is 6.68. The van der Waals surface area contributed by atoms with Crippen LogP contribution >= 0.6 is 11.3 Å². The van der Waals surface area contributed by atoms with E-state index in [0.29, 0.717) is 40.6 Å². The van der Waals surface area contributed by atoms with Gasteiger partial charge in [-0.1, -0.05) is 0 Å². The fraction of sp³-hybridized carbons (Fsp3) is 0.600. The number of rotatable bonds is 9. The summed E-state index contributed by atoms with van der Waals surface area (Å²) in [5.41, 5.74) is -0.467. The molecule has 10 heteroatoms. The zero-order chi connectivity index (χ0) is 25.8. The first-order chi connectivity index (χ1) is 16.4. The van der Waals surface area contributed by atoms with Gasteiger partial charge in [-0.15, -0.1) is 0 Å². The molecule has 1 aliphatic heterocycles. The van der Waals surface area contributed by atoms with Gasteiger partial charge in [-0.05, 0) is 0 Å². The van der Waals surface area contributed by atoms with Crippen LogP contribution in [0.4, 0.5) is 8.78 Å². The average Bonchev–Trinajstić information content (AvgIpc) is 3.24.